The quantitative estimate of drug-likeness (QED) is 0.457. The van der Waals surface area contributed by atoms with E-state index in [9.17, 15) is 5.11 Å². The van der Waals surface area contributed by atoms with Crippen molar-refractivity contribution >= 4 is 5.71 Å². The van der Waals surface area contributed by atoms with E-state index >= 15 is 0 Å². The highest BCUT2D eigenvalue weighted by atomic mass is 16.3. The molecule has 0 fully saturated rings. The normalized spacial score (nSPS) is 13.6. The van der Waals surface area contributed by atoms with E-state index in [1.807, 2.05) is 14.1 Å². The largest absolute Gasteiger partial charge is 0.384 e. The van der Waals surface area contributed by atoms with Crippen molar-refractivity contribution in [2.75, 3.05) is 14.1 Å². The number of hydrogen-bond acceptors (Lipinski definition) is 3. The van der Waals surface area contributed by atoms with Crippen molar-refractivity contribution in [2.45, 2.75) is 26.4 Å². The predicted octanol–water partition coefficient (Wildman–Crippen LogP) is 0.695. The van der Waals surface area contributed by atoms with Crippen LogP contribution in [0.15, 0.2) is 5.10 Å². The molecule has 60 valence electrons. The van der Waals surface area contributed by atoms with E-state index in [0.29, 0.717) is 0 Å². The average Bonchev–Trinajstić information content (AvgIpc) is 1.60. The second kappa shape index (κ2) is 3.01. The molecule has 0 radical (unpaired) electrons. The van der Waals surface area contributed by atoms with Gasteiger partial charge in [-0.25, -0.2) is 0 Å². The lowest BCUT2D eigenvalue weighted by Crippen LogP contribution is -2.30. The van der Waals surface area contributed by atoms with Gasteiger partial charge in [-0.2, -0.15) is 5.10 Å². The van der Waals surface area contributed by atoms with Crippen molar-refractivity contribution in [3.8, 4) is 0 Å². The second-order valence-electron chi connectivity index (χ2n) is 3.09. The van der Waals surface area contributed by atoms with Crippen LogP contribution in [0.25, 0.3) is 0 Å². The molecule has 0 bridgehead atoms. The van der Waals surface area contributed by atoms with Crippen molar-refractivity contribution in [2.24, 2.45) is 5.10 Å². The standard InChI is InChI=1S/C7H16N2O/c1-6(7(2,3)10)8-9(4)5/h10H,1-5H3/b8-6-. The molecule has 1 N–H and O–H groups in total. The molecule has 0 aliphatic heterocycles. The van der Waals surface area contributed by atoms with Gasteiger partial charge in [-0.1, -0.05) is 0 Å². The van der Waals surface area contributed by atoms with Crippen molar-refractivity contribution in [1.82, 2.24) is 5.01 Å². The zero-order valence-electron chi connectivity index (χ0n) is 7.34. The van der Waals surface area contributed by atoms with Gasteiger partial charge in [0.25, 0.3) is 0 Å². The van der Waals surface area contributed by atoms with E-state index in [4.69, 9.17) is 0 Å². The molecule has 0 aromatic carbocycles. The number of rotatable bonds is 2. The average molecular weight is 144 g/mol. The Hall–Kier alpha value is -0.570. The fourth-order valence-corrected chi connectivity index (χ4v) is 0.422. The molecular formula is C7H16N2O. The van der Waals surface area contributed by atoms with Crippen LogP contribution in [0.2, 0.25) is 0 Å². The van der Waals surface area contributed by atoms with Gasteiger partial charge in [-0.15, -0.1) is 0 Å². The Kier molecular flexibility index (Phi) is 2.84. The van der Waals surface area contributed by atoms with Crippen molar-refractivity contribution in [3.05, 3.63) is 0 Å². The smallest absolute Gasteiger partial charge is 0.0985 e. The molecule has 0 heterocycles. The van der Waals surface area contributed by atoms with E-state index in [1.165, 1.54) is 0 Å². The molecule has 0 aliphatic carbocycles. The van der Waals surface area contributed by atoms with E-state index in [0.717, 1.165) is 5.71 Å². The summed E-state index contributed by atoms with van der Waals surface area (Å²) < 4.78 is 0. The lowest BCUT2D eigenvalue weighted by atomic mass is 10.1. The second-order valence-corrected chi connectivity index (χ2v) is 3.09. The zero-order chi connectivity index (χ0) is 8.36. The summed E-state index contributed by atoms with van der Waals surface area (Å²) in [6.45, 7) is 5.24. The molecule has 3 nitrogen and oxygen atoms in total. The van der Waals surface area contributed by atoms with Gasteiger partial charge >= 0.3 is 0 Å². The molecule has 0 unspecified atom stereocenters. The molecular weight excluding hydrogens is 128 g/mol. The first-order chi connectivity index (χ1) is 4.34. The lowest BCUT2D eigenvalue weighted by molar-refractivity contribution is 0.150. The summed E-state index contributed by atoms with van der Waals surface area (Å²) in [7, 11) is 3.66. The molecule has 0 spiro atoms. The molecule has 10 heavy (non-hydrogen) atoms. The van der Waals surface area contributed by atoms with Crippen LogP contribution in [-0.2, 0) is 0 Å². The SMILES string of the molecule is C/C(=N/N(C)C)C(C)(C)O. The molecule has 0 atom stereocenters. The van der Waals surface area contributed by atoms with E-state index in [2.05, 4.69) is 5.10 Å². The fraction of sp³-hybridized carbons (Fsp3) is 0.857. The summed E-state index contributed by atoms with van der Waals surface area (Å²) in [5, 5.41) is 15.1. The van der Waals surface area contributed by atoms with Crippen LogP contribution in [0.1, 0.15) is 20.8 Å². The summed E-state index contributed by atoms with van der Waals surface area (Å²) in [6, 6.07) is 0. The van der Waals surface area contributed by atoms with Crippen LogP contribution in [0.4, 0.5) is 0 Å². The Morgan fingerprint density at radius 1 is 1.40 bits per heavy atom. The summed E-state index contributed by atoms with van der Waals surface area (Å²) in [6.07, 6.45) is 0. The topological polar surface area (TPSA) is 35.8 Å². The van der Waals surface area contributed by atoms with Gasteiger partial charge in [-0.05, 0) is 20.8 Å². The zero-order valence-corrected chi connectivity index (χ0v) is 7.34. The minimum atomic E-state index is -0.801. The molecule has 0 amide bonds. The maximum atomic E-state index is 9.38. The number of hydrazone groups is 1. The molecule has 0 aromatic heterocycles. The third kappa shape index (κ3) is 3.45. The van der Waals surface area contributed by atoms with Crippen LogP contribution in [0.5, 0.6) is 0 Å². The van der Waals surface area contributed by atoms with Crippen LogP contribution in [0.3, 0.4) is 0 Å². The summed E-state index contributed by atoms with van der Waals surface area (Å²) in [5.41, 5.74) is -0.0814. The first kappa shape index (κ1) is 9.43. The van der Waals surface area contributed by atoms with Crippen molar-refractivity contribution < 1.29 is 5.11 Å². The highest BCUT2D eigenvalue weighted by Crippen LogP contribution is 2.03. The van der Waals surface area contributed by atoms with Crippen LogP contribution >= 0.6 is 0 Å². The minimum Gasteiger partial charge on any atom is -0.384 e. The van der Waals surface area contributed by atoms with E-state index in [-0.39, 0.29) is 0 Å². The monoisotopic (exact) mass is 144 g/mol. The van der Waals surface area contributed by atoms with Gasteiger partial charge in [0.15, 0.2) is 0 Å². The molecule has 0 aliphatic rings. The number of hydrogen-bond donors (Lipinski definition) is 1. The Morgan fingerprint density at radius 3 is 1.90 bits per heavy atom. The van der Waals surface area contributed by atoms with Gasteiger partial charge < -0.3 is 10.1 Å². The predicted molar refractivity (Wildman–Crippen MR) is 43.1 cm³/mol. The van der Waals surface area contributed by atoms with Gasteiger partial charge in [0.2, 0.25) is 0 Å². The first-order valence-electron chi connectivity index (χ1n) is 3.29. The van der Waals surface area contributed by atoms with Gasteiger partial charge in [0.1, 0.15) is 0 Å². The van der Waals surface area contributed by atoms with E-state index in [1.54, 1.807) is 25.8 Å². The Balaban J connectivity index is 4.20. The number of nitrogens with zero attached hydrogens (tertiary/aromatic N) is 2. The highest BCUT2D eigenvalue weighted by molar-refractivity contribution is 5.89. The van der Waals surface area contributed by atoms with Crippen molar-refractivity contribution in [3.63, 3.8) is 0 Å². The van der Waals surface area contributed by atoms with Gasteiger partial charge in [-0.3, -0.25) is 0 Å². The Morgan fingerprint density at radius 2 is 1.80 bits per heavy atom. The third-order valence-electron chi connectivity index (χ3n) is 1.24. The fourth-order valence-electron chi connectivity index (χ4n) is 0.422. The maximum absolute atomic E-state index is 9.38. The van der Waals surface area contributed by atoms with Gasteiger partial charge in [0.05, 0.1) is 11.3 Å². The van der Waals surface area contributed by atoms with E-state index < -0.39 is 5.60 Å². The highest BCUT2D eigenvalue weighted by Gasteiger charge is 2.16. The summed E-state index contributed by atoms with van der Waals surface area (Å²) in [5.74, 6) is 0. The van der Waals surface area contributed by atoms with Crippen LogP contribution < -0.4 is 0 Å². The molecule has 0 aromatic rings. The van der Waals surface area contributed by atoms with Gasteiger partial charge in [0, 0.05) is 14.1 Å². The molecule has 0 rings (SSSR count). The molecule has 3 heteroatoms. The first-order valence-corrected chi connectivity index (χ1v) is 3.29. The lowest BCUT2D eigenvalue weighted by Gasteiger charge is -2.18. The van der Waals surface area contributed by atoms with Crippen LogP contribution in [0, 0.1) is 0 Å². The molecule has 0 saturated heterocycles. The third-order valence-corrected chi connectivity index (χ3v) is 1.24. The minimum absolute atomic E-state index is 0.720. The summed E-state index contributed by atoms with van der Waals surface area (Å²) >= 11 is 0. The molecule has 0 saturated carbocycles. The number of aliphatic hydroxyl groups is 1. The summed E-state index contributed by atoms with van der Waals surface area (Å²) in [4.78, 5) is 0. The van der Waals surface area contributed by atoms with Crippen LogP contribution in [-0.4, -0.2) is 35.5 Å². The Bertz CT molecular complexity index is 133. The Labute approximate surface area is 62.3 Å². The van der Waals surface area contributed by atoms with Crippen molar-refractivity contribution in [1.29, 1.82) is 0 Å². The maximum Gasteiger partial charge on any atom is 0.0985 e.